The first-order valence-electron chi connectivity index (χ1n) is 5.74. The van der Waals surface area contributed by atoms with E-state index in [0.717, 1.165) is 12.0 Å². The van der Waals surface area contributed by atoms with Crippen LogP contribution in [0.1, 0.15) is 17.5 Å². The summed E-state index contributed by atoms with van der Waals surface area (Å²) in [6.07, 6.45) is 4.21. The molecule has 0 fully saturated rings. The summed E-state index contributed by atoms with van der Waals surface area (Å²) in [7, 11) is 1.65. The summed E-state index contributed by atoms with van der Waals surface area (Å²) >= 11 is 0. The van der Waals surface area contributed by atoms with Crippen LogP contribution in [0, 0.1) is 6.92 Å². The van der Waals surface area contributed by atoms with Crippen molar-refractivity contribution in [1.29, 1.82) is 0 Å². The van der Waals surface area contributed by atoms with Crippen molar-refractivity contribution in [2.24, 2.45) is 0 Å². The Balaban J connectivity index is 2.35. The average Bonchev–Trinajstić information content (AvgIpc) is 2.32. The largest absolute Gasteiger partial charge is 0.385 e. The summed E-state index contributed by atoms with van der Waals surface area (Å²) in [5.41, 5.74) is 2.23. The monoisotopic (exact) mass is 233 g/mol. The van der Waals surface area contributed by atoms with Crippen molar-refractivity contribution in [2.75, 3.05) is 20.3 Å². The number of hydrogen-bond donors (Lipinski definition) is 1. The molecule has 1 aromatic carbocycles. The zero-order valence-corrected chi connectivity index (χ0v) is 10.4. The molecule has 1 N–H and O–H groups in total. The van der Waals surface area contributed by atoms with Gasteiger partial charge in [0.15, 0.2) is 0 Å². The summed E-state index contributed by atoms with van der Waals surface area (Å²) in [5, 5.41) is 2.80. The van der Waals surface area contributed by atoms with Gasteiger partial charge in [-0.05, 0) is 25.0 Å². The van der Waals surface area contributed by atoms with Crippen molar-refractivity contribution in [3.05, 3.63) is 41.5 Å². The summed E-state index contributed by atoms with van der Waals surface area (Å²) < 4.78 is 4.90. The second-order valence-electron chi connectivity index (χ2n) is 3.88. The zero-order chi connectivity index (χ0) is 12.5. The smallest absolute Gasteiger partial charge is 0.244 e. The van der Waals surface area contributed by atoms with Gasteiger partial charge in [-0.25, -0.2) is 0 Å². The number of methoxy groups -OCH3 is 1. The van der Waals surface area contributed by atoms with E-state index < -0.39 is 0 Å². The molecule has 3 nitrogen and oxygen atoms in total. The first kappa shape index (κ1) is 13.5. The van der Waals surface area contributed by atoms with Gasteiger partial charge in [0.2, 0.25) is 5.91 Å². The molecular formula is C14H19NO2. The number of carbonyl (C=O) groups excluding carboxylic acids is 1. The fraction of sp³-hybridized carbons (Fsp3) is 0.357. The van der Waals surface area contributed by atoms with Crippen molar-refractivity contribution in [3.63, 3.8) is 0 Å². The third-order valence-electron chi connectivity index (χ3n) is 2.29. The number of nitrogens with one attached hydrogen (secondary N) is 1. The molecule has 0 spiro atoms. The molecule has 3 heteroatoms. The van der Waals surface area contributed by atoms with Crippen LogP contribution in [0.3, 0.4) is 0 Å². The van der Waals surface area contributed by atoms with E-state index in [1.54, 1.807) is 13.2 Å². The predicted octanol–water partition coefficient (Wildman–Crippen LogP) is 2.16. The van der Waals surface area contributed by atoms with Crippen LogP contribution in [0.5, 0.6) is 0 Å². The van der Waals surface area contributed by atoms with Crippen LogP contribution in [-0.4, -0.2) is 26.2 Å². The average molecular weight is 233 g/mol. The molecule has 0 aliphatic carbocycles. The minimum Gasteiger partial charge on any atom is -0.385 e. The maximum absolute atomic E-state index is 11.4. The molecule has 1 aromatic rings. The maximum Gasteiger partial charge on any atom is 0.244 e. The molecule has 0 aliphatic rings. The molecule has 1 amide bonds. The lowest BCUT2D eigenvalue weighted by Crippen LogP contribution is -2.22. The number of hydrogen-bond acceptors (Lipinski definition) is 2. The van der Waals surface area contributed by atoms with E-state index in [2.05, 4.69) is 5.32 Å². The summed E-state index contributed by atoms with van der Waals surface area (Å²) in [6, 6.07) is 8.02. The van der Waals surface area contributed by atoms with Gasteiger partial charge in [0.25, 0.3) is 0 Å². The highest BCUT2D eigenvalue weighted by Gasteiger charge is 1.94. The number of aryl methyl sites for hydroxylation is 1. The Labute approximate surface area is 102 Å². The molecule has 0 saturated heterocycles. The normalized spacial score (nSPS) is 10.7. The lowest BCUT2D eigenvalue weighted by atomic mass is 10.1. The van der Waals surface area contributed by atoms with E-state index in [-0.39, 0.29) is 5.91 Å². The Morgan fingerprint density at radius 3 is 3.00 bits per heavy atom. The Kier molecular flexibility index (Phi) is 6.04. The third-order valence-corrected chi connectivity index (χ3v) is 2.29. The van der Waals surface area contributed by atoms with Crippen molar-refractivity contribution in [1.82, 2.24) is 5.32 Å². The lowest BCUT2D eigenvalue weighted by molar-refractivity contribution is -0.116. The lowest BCUT2D eigenvalue weighted by Gasteiger charge is -2.01. The zero-order valence-electron chi connectivity index (χ0n) is 10.4. The Hall–Kier alpha value is -1.61. The first-order valence-corrected chi connectivity index (χ1v) is 5.74. The van der Waals surface area contributed by atoms with Gasteiger partial charge in [-0.2, -0.15) is 0 Å². The van der Waals surface area contributed by atoms with Crippen LogP contribution in [0.2, 0.25) is 0 Å². The van der Waals surface area contributed by atoms with Crippen LogP contribution >= 0.6 is 0 Å². The number of benzene rings is 1. The van der Waals surface area contributed by atoms with Crippen LogP contribution < -0.4 is 5.32 Å². The molecule has 0 radical (unpaired) electrons. The molecule has 0 atom stereocenters. The molecule has 0 heterocycles. The second-order valence-corrected chi connectivity index (χ2v) is 3.88. The second kappa shape index (κ2) is 7.63. The predicted molar refractivity (Wildman–Crippen MR) is 69.7 cm³/mol. The fourth-order valence-electron chi connectivity index (χ4n) is 1.43. The Morgan fingerprint density at radius 1 is 1.47 bits per heavy atom. The van der Waals surface area contributed by atoms with Crippen LogP contribution in [0.15, 0.2) is 30.3 Å². The molecule has 92 valence electrons. The molecule has 0 aliphatic heterocycles. The summed E-state index contributed by atoms with van der Waals surface area (Å²) in [6.45, 7) is 3.34. The van der Waals surface area contributed by atoms with Crippen molar-refractivity contribution in [3.8, 4) is 0 Å². The minimum absolute atomic E-state index is 0.0670. The Bertz CT molecular complexity index is 386. The van der Waals surface area contributed by atoms with Gasteiger partial charge in [0.05, 0.1) is 0 Å². The van der Waals surface area contributed by atoms with E-state index in [1.165, 1.54) is 5.56 Å². The molecule has 1 rings (SSSR count). The highest BCUT2D eigenvalue weighted by Crippen LogP contribution is 2.05. The van der Waals surface area contributed by atoms with E-state index in [0.29, 0.717) is 13.2 Å². The van der Waals surface area contributed by atoms with Gasteiger partial charge in [-0.1, -0.05) is 29.8 Å². The van der Waals surface area contributed by atoms with Gasteiger partial charge in [0.1, 0.15) is 0 Å². The van der Waals surface area contributed by atoms with Gasteiger partial charge in [-0.3, -0.25) is 4.79 Å². The third kappa shape index (κ3) is 5.88. The number of ether oxygens (including phenoxy) is 1. The molecule has 0 unspecified atom stereocenters. The number of rotatable bonds is 6. The first-order chi connectivity index (χ1) is 8.22. The quantitative estimate of drug-likeness (QED) is 0.604. The van der Waals surface area contributed by atoms with Gasteiger partial charge < -0.3 is 10.1 Å². The van der Waals surface area contributed by atoms with Crippen LogP contribution in [0.4, 0.5) is 0 Å². The molecule has 0 bridgehead atoms. The molecule has 0 aromatic heterocycles. The molecule has 0 saturated carbocycles. The minimum atomic E-state index is -0.0670. The van der Waals surface area contributed by atoms with E-state index in [1.807, 2.05) is 37.3 Å². The SMILES string of the molecule is COCCCNC(=O)C=Cc1cccc(C)c1. The van der Waals surface area contributed by atoms with Gasteiger partial charge in [0, 0.05) is 26.3 Å². The van der Waals surface area contributed by atoms with Crippen LogP contribution in [-0.2, 0) is 9.53 Å². The maximum atomic E-state index is 11.4. The van der Waals surface area contributed by atoms with Gasteiger partial charge >= 0.3 is 0 Å². The summed E-state index contributed by atoms with van der Waals surface area (Å²) in [4.78, 5) is 11.4. The van der Waals surface area contributed by atoms with E-state index in [4.69, 9.17) is 4.74 Å². The van der Waals surface area contributed by atoms with E-state index in [9.17, 15) is 4.79 Å². The van der Waals surface area contributed by atoms with Gasteiger partial charge in [-0.15, -0.1) is 0 Å². The molecular weight excluding hydrogens is 214 g/mol. The summed E-state index contributed by atoms with van der Waals surface area (Å²) in [5.74, 6) is -0.0670. The molecule has 17 heavy (non-hydrogen) atoms. The number of carbonyl (C=O) groups is 1. The Morgan fingerprint density at radius 2 is 2.29 bits per heavy atom. The fourth-order valence-corrected chi connectivity index (χ4v) is 1.43. The highest BCUT2D eigenvalue weighted by molar-refractivity contribution is 5.91. The topological polar surface area (TPSA) is 38.3 Å². The van der Waals surface area contributed by atoms with Crippen molar-refractivity contribution < 1.29 is 9.53 Å². The highest BCUT2D eigenvalue weighted by atomic mass is 16.5. The van der Waals surface area contributed by atoms with Crippen LogP contribution in [0.25, 0.3) is 6.08 Å². The van der Waals surface area contributed by atoms with Crippen molar-refractivity contribution in [2.45, 2.75) is 13.3 Å². The standard InChI is InChI=1S/C14H19NO2/c1-12-5-3-6-13(11-12)7-8-14(16)15-9-4-10-17-2/h3,5-8,11H,4,9-10H2,1-2H3,(H,15,16). The van der Waals surface area contributed by atoms with Crippen molar-refractivity contribution >= 4 is 12.0 Å². The van der Waals surface area contributed by atoms with E-state index >= 15 is 0 Å². The number of amides is 1.